The van der Waals surface area contributed by atoms with E-state index in [1.807, 2.05) is 6.07 Å². The molecule has 1 aliphatic rings. The van der Waals surface area contributed by atoms with Gasteiger partial charge in [-0.05, 0) is 42.3 Å². The van der Waals surface area contributed by atoms with Crippen molar-refractivity contribution in [1.82, 2.24) is 10.3 Å². The lowest BCUT2D eigenvalue weighted by Gasteiger charge is -2.05. The number of rotatable bonds is 4. The Bertz CT molecular complexity index is 711. The number of thiophene rings is 2. The highest BCUT2D eigenvalue weighted by molar-refractivity contribution is 7.91. The fourth-order valence-electron chi connectivity index (χ4n) is 2.08. The van der Waals surface area contributed by atoms with Crippen LogP contribution >= 0.6 is 22.7 Å². The zero-order chi connectivity index (χ0) is 14.2. The number of amides is 1. The molecule has 1 aliphatic carbocycles. The molecule has 106 valence electrons. The first-order valence-electron chi connectivity index (χ1n) is 6.03. The van der Waals surface area contributed by atoms with E-state index in [1.165, 1.54) is 27.8 Å². The minimum atomic E-state index is -3.67. The lowest BCUT2D eigenvalue weighted by Crippen LogP contribution is -2.40. The van der Waals surface area contributed by atoms with E-state index in [-0.39, 0.29) is 4.21 Å². The second-order valence-corrected chi connectivity index (χ2v) is 8.40. The van der Waals surface area contributed by atoms with Crippen LogP contribution in [0.3, 0.4) is 0 Å². The van der Waals surface area contributed by atoms with E-state index in [9.17, 15) is 13.2 Å². The van der Waals surface area contributed by atoms with E-state index in [1.54, 1.807) is 11.4 Å². The van der Waals surface area contributed by atoms with Crippen molar-refractivity contribution in [3.63, 3.8) is 0 Å². The molecule has 0 atom stereocenters. The van der Waals surface area contributed by atoms with Crippen LogP contribution in [0.15, 0.2) is 27.8 Å². The van der Waals surface area contributed by atoms with Gasteiger partial charge in [-0.15, -0.1) is 27.5 Å². The Kier molecular flexibility index (Phi) is 3.63. The van der Waals surface area contributed by atoms with Crippen LogP contribution in [0.25, 0.3) is 0 Å². The summed E-state index contributed by atoms with van der Waals surface area (Å²) in [5.74, 6) is -0.412. The summed E-state index contributed by atoms with van der Waals surface area (Å²) in [4.78, 5) is 15.8. The monoisotopic (exact) mass is 328 g/mol. The van der Waals surface area contributed by atoms with Crippen molar-refractivity contribution in [2.24, 2.45) is 0 Å². The number of fused-ring (bicyclic) bond motifs is 1. The summed E-state index contributed by atoms with van der Waals surface area (Å²) >= 11 is 2.53. The molecule has 0 spiro atoms. The lowest BCUT2D eigenvalue weighted by molar-refractivity contribution is 0.0949. The van der Waals surface area contributed by atoms with Gasteiger partial charge >= 0.3 is 0 Å². The number of aryl methyl sites for hydroxylation is 2. The summed E-state index contributed by atoms with van der Waals surface area (Å²) in [7, 11) is -3.67. The van der Waals surface area contributed by atoms with E-state index in [0.29, 0.717) is 4.88 Å². The lowest BCUT2D eigenvalue weighted by atomic mass is 10.2. The topological polar surface area (TPSA) is 75.3 Å². The van der Waals surface area contributed by atoms with Crippen molar-refractivity contribution in [2.45, 2.75) is 23.5 Å². The molecule has 5 nitrogen and oxygen atoms in total. The van der Waals surface area contributed by atoms with E-state index < -0.39 is 15.9 Å². The third kappa shape index (κ3) is 2.64. The van der Waals surface area contributed by atoms with Crippen molar-refractivity contribution < 1.29 is 13.2 Å². The van der Waals surface area contributed by atoms with Crippen LogP contribution in [0.5, 0.6) is 0 Å². The Balaban J connectivity index is 1.67. The number of carbonyl (C=O) groups excluding carboxylic acids is 1. The SMILES string of the molecule is O=C(NNS(=O)(=O)c1cccs1)c1cc2c(s1)CCC2. The fraction of sp³-hybridized carbons (Fsp3) is 0.250. The van der Waals surface area contributed by atoms with Crippen LogP contribution in [0.2, 0.25) is 0 Å². The molecular weight excluding hydrogens is 316 g/mol. The molecule has 2 aromatic heterocycles. The van der Waals surface area contributed by atoms with Gasteiger partial charge in [-0.2, -0.15) is 0 Å². The molecule has 20 heavy (non-hydrogen) atoms. The van der Waals surface area contributed by atoms with Gasteiger partial charge in [0.15, 0.2) is 0 Å². The first-order chi connectivity index (χ1) is 9.56. The maximum Gasteiger partial charge on any atom is 0.276 e. The number of nitrogens with one attached hydrogen (secondary N) is 2. The van der Waals surface area contributed by atoms with Gasteiger partial charge in [-0.1, -0.05) is 6.07 Å². The molecule has 0 saturated heterocycles. The normalized spacial score (nSPS) is 14.2. The molecule has 0 aliphatic heterocycles. The summed E-state index contributed by atoms with van der Waals surface area (Å²) in [6.07, 6.45) is 3.14. The molecule has 2 N–H and O–H groups in total. The molecule has 0 bridgehead atoms. The summed E-state index contributed by atoms with van der Waals surface area (Å²) in [5, 5.41) is 1.67. The highest BCUT2D eigenvalue weighted by atomic mass is 32.2. The van der Waals surface area contributed by atoms with E-state index in [2.05, 4.69) is 10.3 Å². The van der Waals surface area contributed by atoms with Crippen molar-refractivity contribution in [1.29, 1.82) is 0 Å². The number of hydrogen-bond donors (Lipinski definition) is 2. The van der Waals surface area contributed by atoms with Gasteiger partial charge < -0.3 is 0 Å². The zero-order valence-corrected chi connectivity index (χ0v) is 12.8. The van der Waals surface area contributed by atoms with E-state index in [0.717, 1.165) is 30.6 Å². The Hall–Kier alpha value is -1.22. The number of hydrogen-bond acceptors (Lipinski definition) is 5. The first-order valence-corrected chi connectivity index (χ1v) is 9.21. The molecular formula is C12H12N2O3S3. The quantitative estimate of drug-likeness (QED) is 0.842. The molecule has 0 fully saturated rings. The van der Waals surface area contributed by atoms with Gasteiger partial charge in [0.2, 0.25) is 0 Å². The molecule has 1 amide bonds. The number of sulfonamides is 1. The zero-order valence-electron chi connectivity index (χ0n) is 10.4. The highest BCUT2D eigenvalue weighted by Crippen LogP contribution is 2.30. The van der Waals surface area contributed by atoms with E-state index >= 15 is 0 Å². The van der Waals surface area contributed by atoms with Gasteiger partial charge in [-0.25, -0.2) is 8.42 Å². The van der Waals surface area contributed by atoms with Gasteiger partial charge in [0.1, 0.15) is 4.21 Å². The predicted octanol–water partition coefficient (Wildman–Crippen LogP) is 1.92. The third-order valence-electron chi connectivity index (χ3n) is 3.03. The largest absolute Gasteiger partial charge is 0.276 e. The Morgan fingerprint density at radius 3 is 2.85 bits per heavy atom. The number of hydrazine groups is 1. The second-order valence-electron chi connectivity index (χ2n) is 4.40. The minimum absolute atomic E-state index is 0.173. The van der Waals surface area contributed by atoms with Gasteiger partial charge in [0, 0.05) is 4.88 Å². The molecule has 0 saturated carbocycles. The van der Waals surface area contributed by atoms with Crippen LogP contribution in [0.4, 0.5) is 0 Å². The van der Waals surface area contributed by atoms with Crippen LogP contribution in [0.1, 0.15) is 26.5 Å². The molecule has 0 aromatic carbocycles. The standard InChI is InChI=1S/C12H12N2O3S3/c15-12(10-7-8-3-1-4-9(8)19-10)13-14-20(16,17)11-5-2-6-18-11/h2,5-7,14H,1,3-4H2,(H,13,15). The minimum Gasteiger partial charge on any atom is -0.273 e. The maximum atomic E-state index is 11.9. The van der Waals surface area contributed by atoms with Crippen molar-refractivity contribution in [3.8, 4) is 0 Å². The molecule has 8 heteroatoms. The Morgan fingerprint density at radius 1 is 1.30 bits per heavy atom. The highest BCUT2D eigenvalue weighted by Gasteiger charge is 2.20. The Labute approximate surface area is 124 Å². The average Bonchev–Trinajstić information content (AvgIpc) is 3.10. The summed E-state index contributed by atoms with van der Waals surface area (Å²) in [5.41, 5.74) is 3.47. The molecule has 0 radical (unpaired) electrons. The van der Waals surface area contributed by atoms with E-state index in [4.69, 9.17) is 0 Å². The summed E-state index contributed by atoms with van der Waals surface area (Å²) in [6, 6.07) is 4.98. The summed E-state index contributed by atoms with van der Waals surface area (Å²) < 4.78 is 23.9. The predicted molar refractivity (Wildman–Crippen MR) is 78.5 cm³/mol. The van der Waals surface area contributed by atoms with Crippen LogP contribution < -0.4 is 10.3 Å². The molecule has 0 unspecified atom stereocenters. The molecule has 3 rings (SSSR count). The Morgan fingerprint density at radius 2 is 2.15 bits per heavy atom. The average molecular weight is 328 g/mol. The fourth-order valence-corrected chi connectivity index (χ4v) is 5.06. The van der Waals surface area contributed by atoms with Gasteiger partial charge in [0.05, 0.1) is 4.88 Å². The summed E-state index contributed by atoms with van der Waals surface area (Å²) in [6.45, 7) is 0. The van der Waals surface area contributed by atoms with Crippen molar-refractivity contribution in [3.05, 3.63) is 38.9 Å². The van der Waals surface area contributed by atoms with Crippen LogP contribution in [-0.2, 0) is 22.9 Å². The third-order valence-corrected chi connectivity index (χ3v) is 6.91. The van der Waals surface area contributed by atoms with Gasteiger partial charge in [-0.3, -0.25) is 10.2 Å². The van der Waals surface area contributed by atoms with Crippen molar-refractivity contribution in [2.75, 3.05) is 0 Å². The second kappa shape index (κ2) is 5.28. The molecule has 2 heterocycles. The van der Waals surface area contributed by atoms with Crippen LogP contribution in [0, 0.1) is 0 Å². The first kappa shape index (κ1) is 13.7. The van der Waals surface area contributed by atoms with Crippen LogP contribution in [-0.4, -0.2) is 14.3 Å². The maximum absolute atomic E-state index is 11.9. The number of carbonyl (C=O) groups is 1. The smallest absolute Gasteiger partial charge is 0.273 e. The molecule has 2 aromatic rings. The van der Waals surface area contributed by atoms with Crippen molar-refractivity contribution >= 4 is 38.6 Å². The van der Waals surface area contributed by atoms with Gasteiger partial charge in [0.25, 0.3) is 15.9 Å².